The fraction of sp³-hybridized carbons (Fsp3) is 0.350. The minimum Gasteiger partial charge on any atom is -0.309 e. The predicted molar refractivity (Wildman–Crippen MR) is 95.9 cm³/mol. The van der Waals surface area contributed by atoms with Gasteiger partial charge in [0.2, 0.25) is 0 Å². The van der Waals surface area contributed by atoms with Gasteiger partial charge < -0.3 is 4.90 Å². The third kappa shape index (κ3) is 3.44. The molecule has 2 nitrogen and oxygen atoms in total. The quantitative estimate of drug-likeness (QED) is 0.802. The minimum absolute atomic E-state index is 0.0653. The maximum absolute atomic E-state index is 9.90. The molecule has 23 heavy (non-hydrogen) atoms. The lowest BCUT2D eigenvalue weighted by Crippen LogP contribution is -2.16. The van der Waals surface area contributed by atoms with Crippen molar-refractivity contribution in [1.29, 1.82) is 5.26 Å². The summed E-state index contributed by atoms with van der Waals surface area (Å²) in [6.07, 6.45) is 2.15. The first-order valence-corrected chi connectivity index (χ1v) is 8.92. The van der Waals surface area contributed by atoms with Crippen LogP contribution in [0, 0.1) is 11.3 Å². The number of hydrogen-bond donors (Lipinski definition) is 0. The molecule has 2 aromatic rings. The molecule has 1 heterocycles. The highest BCUT2D eigenvalue weighted by molar-refractivity contribution is 7.99. The van der Waals surface area contributed by atoms with Crippen LogP contribution >= 0.6 is 11.8 Å². The molecule has 3 rings (SSSR count). The van der Waals surface area contributed by atoms with Gasteiger partial charge in [0, 0.05) is 15.7 Å². The fourth-order valence-electron chi connectivity index (χ4n) is 3.33. The first-order valence-electron chi connectivity index (χ1n) is 8.10. The molecule has 2 aromatic carbocycles. The standard InChI is InChI=1S/C20H22N2S/c1-22(2)13-7-10-15-16-8-3-5-11-19(16)23-20-12-6-4-9-17(20)18(15)14-21/h3-6,8-9,11-12,15,18H,7,10,13H2,1-2H3/t15-,18+/m1/s1. The summed E-state index contributed by atoms with van der Waals surface area (Å²) in [6, 6.07) is 19.6. The molecular formula is C20H22N2S. The second-order valence-electron chi connectivity index (χ2n) is 6.34. The maximum atomic E-state index is 9.90. The van der Waals surface area contributed by atoms with Crippen LogP contribution in [0.5, 0.6) is 0 Å². The monoisotopic (exact) mass is 322 g/mol. The first kappa shape index (κ1) is 16.1. The van der Waals surface area contributed by atoms with Crippen molar-refractivity contribution in [3.8, 4) is 6.07 Å². The van der Waals surface area contributed by atoms with E-state index in [0.29, 0.717) is 0 Å². The Morgan fingerprint density at radius 1 is 1.00 bits per heavy atom. The lowest BCUT2D eigenvalue weighted by molar-refractivity contribution is 0.380. The van der Waals surface area contributed by atoms with Crippen LogP contribution in [0.4, 0.5) is 0 Å². The molecule has 3 heteroatoms. The van der Waals surface area contributed by atoms with Gasteiger partial charge in [-0.2, -0.15) is 5.26 Å². The van der Waals surface area contributed by atoms with Crippen molar-refractivity contribution < 1.29 is 0 Å². The number of nitriles is 1. The summed E-state index contributed by atoms with van der Waals surface area (Å²) in [4.78, 5) is 4.74. The summed E-state index contributed by atoms with van der Waals surface area (Å²) in [5, 5.41) is 9.90. The van der Waals surface area contributed by atoms with E-state index in [4.69, 9.17) is 0 Å². The number of nitrogens with zero attached hydrogens (tertiary/aromatic N) is 2. The first-order chi connectivity index (χ1) is 11.2. The van der Waals surface area contributed by atoms with Crippen molar-refractivity contribution in [3.05, 3.63) is 59.7 Å². The van der Waals surface area contributed by atoms with Crippen LogP contribution in [-0.2, 0) is 0 Å². The number of fused-ring (bicyclic) bond motifs is 2. The van der Waals surface area contributed by atoms with Crippen molar-refractivity contribution in [1.82, 2.24) is 4.90 Å². The van der Waals surface area contributed by atoms with E-state index in [9.17, 15) is 5.26 Å². The number of benzene rings is 2. The summed E-state index contributed by atoms with van der Waals surface area (Å²) in [5.74, 6) is 0.205. The van der Waals surface area contributed by atoms with Gasteiger partial charge in [-0.3, -0.25) is 0 Å². The van der Waals surface area contributed by atoms with Crippen molar-refractivity contribution >= 4 is 11.8 Å². The molecule has 0 spiro atoms. The lowest BCUT2D eigenvalue weighted by Gasteiger charge is -2.23. The van der Waals surface area contributed by atoms with Crippen molar-refractivity contribution in [3.63, 3.8) is 0 Å². The third-order valence-corrected chi connectivity index (χ3v) is 5.64. The Morgan fingerprint density at radius 2 is 1.61 bits per heavy atom. The summed E-state index contributed by atoms with van der Waals surface area (Å²) in [6.45, 7) is 1.06. The van der Waals surface area contributed by atoms with Crippen LogP contribution in [0.15, 0.2) is 58.3 Å². The predicted octanol–water partition coefficient (Wildman–Crippen LogP) is 4.88. The number of hydrogen-bond acceptors (Lipinski definition) is 3. The van der Waals surface area contributed by atoms with Crippen molar-refractivity contribution in [2.45, 2.75) is 34.5 Å². The van der Waals surface area contributed by atoms with Crippen molar-refractivity contribution in [2.24, 2.45) is 0 Å². The molecule has 0 radical (unpaired) electrons. The summed E-state index contributed by atoms with van der Waals surface area (Å²) >= 11 is 1.80. The highest BCUT2D eigenvalue weighted by Gasteiger charge is 2.31. The number of rotatable bonds is 4. The zero-order valence-electron chi connectivity index (χ0n) is 13.7. The van der Waals surface area contributed by atoms with E-state index in [-0.39, 0.29) is 11.8 Å². The average Bonchev–Trinajstić information content (AvgIpc) is 2.68. The van der Waals surface area contributed by atoms with E-state index in [1.807, 2.05) is 0 Å². The Hall–Kier alpha value is -1.76. The van der Waals surface area contributed by atoms with E-state index < -0.39 is 0 Å². The summed E-state index contributed by atoms with van der Waals surface area (Å²) in [5.41, 5.74) is 2.52. The van der Waals surface area contributed by atoms with Crippen LogP contribution in [0.3, 0.4) is 0 Å². The third-order valence-electron chi connectivity index (χ3n) is 4.45. The molecule has 2 atom stereocenters. The van der Waals surface area contributed by atoms with Crippen LogP contribution < -0.4 is 0 Å². The molecule has 0 unspecified atom stereocenters. The molecular weight excluding hydrogens is 300 g/mol. The van der Waals surface area contributed by atoms with E-state index in [1.54, 1.807) is 11.8 Å². The molecule has 0 aliphatic carbocycles. The van der Waals surface area contributed by atoms with Gasteiger partial charge in [-0.15, -0.1) is 0 Å². The van der Waals surface area contributed by atoms with Gasteiger partial charge >= 0.3 is 0 Å². The van der Waals surface area contributed by atoms with Gasteiger partial charge in [-0.1, -0.05) is 48.2 Å². The Morgan fingerprint density at radius 3 is 2.26 bits per heavy atom. The van der Waals surface area contributed by atoms with Crippen LogP contribution in [-0.4, -0.2) is 25.5 Å². The fourth-order valence-corrected chi connectivity index (χ4v) is 4.51. The highest BCUT2D eigenvalue weighted by atomic mass is 32.2. The second kappa shape index (κ2) is 7.21. The molecule has 0 fully saturated rings. The summed E-state index contributed by atoms with van der Waals surface area (Å²) < 4.78 is 0. The summed E-state index contributed by atoms with van der Waals surface area (Å²) in [7, 11) is 4.21. The Bertz CT molecular complexity index is 718. The largest absolute Gasteiger partial charge is 0.309 e. The molecule has 0 bridgehead atoms. The SMILES string of the molecule is CN(C)CCC[C@@H]1c2ccccc2Sc2ccccc2[C@H]1C#N. The smallest absolute Gasteiger partial charge is 0.0792 e. The van der Waals surface area contributed by atoms with Gasteiger partial charge in [0.05, 0.1) is 12.0 Å². The molecule has 0 aromatic heterocycles. The zero-order valence-corrected chi connectivity index (χ0v) is 14.5. The molecule has 0 amide bonds. The van der Waals surface area contributed by atoms with E-state index in [2.05, 4.69) is 73.6 Å². The minimum atomic E-state index is -0.0653. The van der Waals surface area contributed by atoms with Gasteiger partial charge in [0.15, 0.2) is 0 Å². The van der Waals surface area contributed by atoms with Crippen LogP contribution in [0.2, 0.25) is 0 Å². The normalized spacial score (nSPS) is 19.6. The van der Waals surface area contributed by atoms with Crippen molar-refractivity contribution in [2.75, 3.05) is 20.6 Å². The van der Waals surface area contributed by atoms with Gasteiger partial charge in [-0.25, -0.2) is 0 Å². The Balaban J connectivity index is 2.02. The van der Waals surface area contributed by atoms with E-state index in [1.165, 1.54) is 20.9 Å². The Labute approximate surface area is 143 Å². The van der Waals surface area contributed by atoms with E-state index >= 15 is 0 Å². The topological polar surface area (TPSA) is 27.0 Å². The molecule has 1 aliphatic heterocycles. The van der Waals surface area contributed by atoms with Gasteiger partial charge in [-0.05, 0) is 56.7 Å². The Kier molecular flexibility index (Phi) is 5.05. The molecule has 0 saturated carbocycles. The molecule has 0 N–H and O–H groups in total. The zero-order chi connectivity index (χ0) is 16.2. The van der Waals surface area contributed by atoms with Crippen LogP contribution in [0.1, 0.15) is 35.8 Å². The maximum Gasteiger partial charge on any atom is 0.0792 e. The molecule has 0 saturated heterocycles. The molecule has 118 valence electrons. The second-order valence-corrected chi connectivity index (χ2v) is 7.42. The van der Waals surface area contributed by atoms with Crippen LogP contribution in [0.25, 0.3) is 0 Å². The van der Waals surface area contributed by atoms with Gasteiger partial charge in [0.1, 0.15) is 0 Å². The highest BCUT2D eigenvalue weighted by Crippen LogP contribution is 2.48. The van der Waals surface area contributed by atoms with E-state index in [0.717, 1.165) is 19.4 Å². The lowest BCUT2D eigenvalue weighted by atomic mass is 9.79. The average molecular weight is 322 g/mol. The van der Waals surface area contributed by atoms with Gasteiger partial charge in [0.25, 0.3) is 0 Å². The molecule has 1 aliphatic rings.